The second-order valence-corrected chi connectivity index (χ2v) is 7.07. The summed E-state index contributed by atoms with van der Waals surface area (Å²) in [5.74, 6) is 1.70. The van der Waals surface area contributed by atoms with Gasteiger partial charge >= 0.3 is 0 Å². The Morgan fingerprint density at radius 3 is 2.52 bits per heavy atom. The number of hydrogen-bond acceptors (Lipinski definition) is 4. The molecule has 1 N–H and O–H groups in total. The molecule has 0 unspecified atom stereocenters. The lowest BCUT2D eigenvalue weighted by Gasteiger charge is -2.32. The largest absolute Gasteiger partial charge is 0.454 e. The van der Waals surface area contributed by atoms with Crippen LogP contribution in [0.15, 0.2) is 16.6 Å². The summed E-state index contributed by atoms with van der Waals surface area (Å²) >= 11 is 3.63. The third kappa shape index (κ3) is 3.05. The van der Waals surface area contributed by atoms with Crippen LogP contribution in [0.2, 0.25) is 0 Å². The Kier molecular flexibility index (Phi) is 3.81. The van der Waals surface area contributed by atoms with Crippen LogP contribution in [0.4, 0.5) is 0 Å². The van der Waals surface area contributed by atoms with Crippen molar-refractivity contribution in [2.45, 2.75) is 44.3 Å². The molecule has 21 heavy (non-hydrogen) atoms. The van der Waals surface area contributed by atoms with Crippen LogP contribution in [0.25, 0.3) is 0 Å². The topological polar surface area (TPSA) is 33.7 Å². The lowest BCUT2D eigenvalue weighted by atomic mass is 10.0. The molecule has 0 atom stereocenters. The van der Waals surface area contributed by atoms with E-state index >= 15 is 0 Å². The Bertz CT molecular complexity index is 525. The molecule has 0 radical (unpaired) electrons. The van der Waals surface area contributed by atoms with Crippen molar-refractivity contribution < 1.29 is 9.47 Å². The molecular weight excluding hydrogens is 332 g/mol. The molecule has 1 saturated carbocycles. The van der Waals surface area contributed by atoms with Crippen LogP contribution in [0.1, 0.15) is 31.2 Å². The van der Waals surface area contributed by atoms with Gasteiger partial charge in [0.05, 0.1) is 0 Å². The zero-order valence-electron chi connectivity index (χ0n) is 12.1. The normalized spacial score (nSPS) is 22.7. The Hall–Kier alpha value is -0.780. The van der Waals surface area contributed by atoms with E-state index < -0.39 is 0 Å². The highest BCUT2D eigenvalue weighted by Gasteiger charge is 2.31. The van der Waals surface area contributed by atoms with Gasteiger partial charge in [-0.25, -0.2) is 0 Å². The van der Waals surface area contributed by atoms with E-state index in [1.54, 1.807) is 0 Å². The third-order valence-electron chi connectivity index (χ3n) is 4.72. The number of nitrogens with zero attached hydrogens (tertiary/aromatic N) is 1. The maximum Gasteiger partial charge on any atom is 0.231 e. The van der Waals surface area contributed by atoms with Crippen LogP contribution in [-0.4, -0.2) is 36.9 Å². The van der Waals surface area contributed by atoms with Gasteiger partial charge in [0, 0.05) is 23.1 Å². The van der Waals surface area contributed by atoms with Gasteiger partial charge in [0.1, 0.15) is 0 Å². The van der Waals surface area contributed by atoms with Crippen LogP contribution < -0.4 is 14.8 Å². The summed E-state index contributed by atoms with van der Waals surface area (Å²) in [6.45, 7) is 3.72. The highest BCUT2D eigenvalue weighted by molar-refractivity contribution is 9.10. The summed E-state index contributed by atoms with van der Waals surface area (Å²) in [5, 5.41) is 3.70. The highest BCUT2D eigenvalue weighted by atomic mass is 79.9. The van der Waals surface area contributed by atoms with Crippen molar-refractivity contribution in [3.63, 3.8) is 0 Å². The number of nitrogens with one attached hydrogen (secondary N) is 1. The van der Waals surface area contributed by atoms with Gasteiger partial charge in [-0.15, -0.1) is 0 Å². The molecule has 0 spiro atoms. The molecule has 114 valence electrons. The number of likely N-dealkylation sites (tertiary alicyclic amines) is 1. The standard InChI is InChI=1S/C16H21BrN2O2/c17-14-8-16-15(20-10-21-16)7-11(14)9-18-12-3-5-19(6-4-12)13-1-2-13/h7-8,12-13,18H,1-6,9-10H2. The second kappa shape index (κ2) is 5.78. The van der Waals surface area contributed by atoms with Gasteiger partial charge in [-0.1, -0.05) is 15.9 Å². The number of halogens is 1. The van der Waals surface area contributed by atoms with Gasteiger partial charge in [-0.2, -0.15) is 0 Å². The number of ether oxygens (including phenoxy) is 2. The zero-order chi connectivity index (χ0) is 14.2. The Labute approximate surface area is 133 Å². The summed E-state index contributed by atoms with van der Waals surface area (Å²) in [6.07, 6.45) is 5.36. The predicted molar refractivity (Wildman–Crippen MR) is 84.7 cm³/mol. The van der Waals surface area contributed by atoms with Gasteiger partial charge in [-0.3, -0.25) is 0 Å². The van der Waals surface area contributed by atoms with Crippen molar-refractivity contribution in [3.8, 4) is 11.5 Å². The second-order valence-electron chi connectivity index (χ2n) is 6.22. The number of hydrogen-bond donors (Lipinski definition) is 1. The van der Waals surface area contributed by atoms with Crippen molar-refractivity contribution in [2.24, 2.45) is 0 Å². The zero-order valence-corrected chi connectivity index (χ0v) is 13.7. The van der Waals surface area contributed by atoms with Gasteiger partial charge in [0.15, 0.2) is 11.5 Å². The van der Waals surface area contributed by atoms with Gasteiger partial charge in [0.2, 0.25) is 6.79 Å². The van der Waals surface area contributed by atoms with Crippen molar-refractivity contribution in [2.75, 3.05) is 19.9 Å². The number of piperidine rings is 1. The molecular formula is C16H21BrN2O2. The van der Waals surface area contributed by atoms with E-state index in [4.69, 9.17) is 9.47 Å². The first-order valence-corrected chi connectivity index (χ1v) is 8.64. The van der Waals surface area contributed by atoms with Gasteiger partial charge in [0.25, 0.3) is 0 Å². The molecule has 1 aromatic carbocycles. The summed E-state index contributed by atoms with van der Waals surface area (Å²) in [7, 11) is 0. The van der Waals surface area contributed by atoms with Crippen LogP contribution in [0, 0.1) is 0 Å². The van der Waals surface area contributed by atoms with Gasteiger partial charge in [-0.05, 0) is 56.5 Å². The van der Waals surface area contributed by atoms with Crippen LogP contribution in [0.5, 0.6) is 11.5 Å². The average Bonchev–Trinajstić information content (AvgIpc) is 3.25. The molecule has 1 aromatic rings. The molecule has 2 aliphatic heterocycles. The molecule has 1 saturated heterocycles. The van der Waals surface area contributed by atoms with Crippen molar-refractivity contribution >= 4 is 15.9 Å². The lowest BCUT2D eigenvalue weighted by molar-refractivity contribution is 0.174. The molecule has 3 aliphatic rings. The molecule has 2 heterocycles. The molecule has 0 aromatic heterocycles. The SMILES string of the molecule is Brc1cc2c(cc1CNC1CCN(C3CC3)CC1)OCO2. The molecule has 2 fully saturated rings. The fourth-order valence-electron chi connectivity index (χ4n) is 3.26. The van der Waals surface area contributed by atoms with E-state index in [-0.39, 0.29) is 0 Å². The van der Waals surface area contributed by atoms with Crippen LogP contribution in [-0.2, 0) is 6.54 Å². The van der Waals surface area contributed by atoms with Crippen molar-refractivity contribution in [1.29, 1.82) is 0 Å². The Morgan fingerprint density at radius 2 is 1.81 bits per heavy atom. The Balaban J connectivity index is 1.32. The minimum atomic E-state index is 0.332. The molecule has 4 rings (SSSR count). The molecule has 5 heteroatoms. The van der Waals surface area contributed by atoms with E-state index in [0.717, 1.165) is 28.6 Å². The van der Waals surface area contributed by atoms with E-state index in [1.165, 1.54) is 44.3 Å². The maximum absolute atomic E-state index is 5.46. The predicted octanol–water partition coefficient (Wildman–Crippen LogP) is 2.89. The highest BCUT2D eigenvalue weighted by Crippen LogP contribution is 2.37. The Morgan fingerprint density at radius 1 is 1.10 bits per heavy atom. The van der Waals surface area contributed by atoms with Crippen molar-refractivity contribution in [1.82, 2.24) is 10.2 Å². The number of benzene rings is 1. The monoisotopic (exact) mass is 352 g/mol. The first kappa shape index (κ1) is 13.9. The van der Waals surface area contributed by atoms with Gasteiger partial charge < -0.3 is 19.7 Å². The fourth-order valence-corrected chi connectivity index (χ4v) is 3.72. The lowest BCUT2D eigenvalue weighted by Crippen LogP contribution is -2.43. The molecule has 4 nitrogen and oxygen atoms in total. The minimum absolute atomic E-state index is 0.332. The fraction of sp³-hybridized carbons (Fsp3) is 0.625. The minimum Gasteiger partial charge on any atom is -0.454 e. The summed E-state index contributed by atoms with van der Waals surface area (Å²) in [4.78, 5) is 2.66. The molecule has 0 bridgehead atoms. The number of rotatable bonds is 4. The average molecular weight is 353 g/mol. The third-order valence-corrected chi connectivity index (χ3v) is 5.45. The van der Waals surface area contributed by atoms with Crippen LogP contribution >= 0.6 is 15.9 Å². The summed E-state index contributed by atoms with van der Waals surface area (Å²) in [5.41, 5.74) is 1.24. The smallest absolute Gasteiger partial charge is 0.231 e. The molecule has 1 aliphatic carbocycles. The maximum atomic E-state index is 5.46. The van der Waals surface area contributed by atoms with E-state index in [9.17, 15) is 0 Å². The first-order valence-electron chi connectivity index (χ1n) is 7.85. The van der Waals surface area contributed by atoms with E-state index in [1.807, 2.05) is 6.07 Å². The number of fused-ring (bicyclic) bond motifs is 1. The van der Waals surface area contributed by atoms with Crippen LogP contribution in [0.3, 0.4) is 0 Å². The summed E-state index contributed by atoms with van der Waals surface area (Å²) < 4.78 is 11.9. The molecule has 0 amide bonds. The first-order chi connectivity index (χ1) is 10.3. The van der Waals surface area contributed by atoms with Crippen molar-refractivity contribution in [3.05, 3.63) is 22.2 Å². The van der Waals surface area contributed by atoms with E-state index in [2.05, 4.69) is 32.2 Å². The van der Waals surface area contributed by atoms with E-state index in [0.29, 0.717) is 12.8 Å². The summed E-state index contributed by atoms with van der Waals surface area (Å²) in [6, 6.07) is 5.64. The quantitative estimate of drug-likeness (QED) is 0.903.